The third kappa shape index (κ3) is 5.86. The van der Waals surface area contributed by atoms with Gasteiger partial charge in [0.2, 0.25) is 0 Å². The molecule has 0 bridgehead atoms. The van der Waals surface area contributed by atoms with Crippen LogP contribution in [0.1, 0.15) is 32.8 Å². The van der Waals surface area contributed by atoms with Gasteiger partial charge in [0.15, 0.2) is 6.10 Å². The predicted octanol–water partition coefficient (Wildman–Crippen LogP) is 1.38. The number of benzene rings is 1. The van der Waals surface area contributed by atoms with Crippen molar-refractivity contribution in [2.24, 2.45) is 0 Å². The Morgan fingerprint density at radius 1 is 1.29 bits per heavy atom. The van der Waals surface area contributed by atoms with E-state index in [0.29, 0.717) is 11.3 Å². The number of anilines is 1. The molecule has 0 saturated heterocycles. The molecule has 4 N–H and O–H groups in total. The van der Waals surface area contributed by atoms with E-state index in [1.54, 1.807) is 26.8 Å². The summed E-state index contributed by atoms with van der Waals surface area (Å²) in [5, 5.41) is 23.0. The van der Waals surface area contributed by atoms with Crippen molar-refractivity contribution >= 4 is 29.6 Å². The van der Waals surface area contributed by atoms with E-state index in [1.165, 1.54) is 12.1 Å². The zero-order valence-electron chi connectivity index (χ0n) is 15.6. The summed E-state index contributed by atoms with van der Waals surface area (Å²) in [5.41, 5.74) is 0.0425. The number of aliphatic carboxylic acids is 2. The van der Waals surface area contributed by atoms with Crippen molar-refractivity contribution in [3.05, 3.63) is 23.8 Å². The smallest absolute Gasteiger partial charge is 0.408 e. The van der Waals surface area contributed by atoms with Crippen LogP contribution in [0.2, 0.25) is 0 Å². The molecule has 1 aromatic rings. The summed E-state index contributed by atoms with van der Waals surface area (Å²) in [5.74, 6) is -2.74. The van der Waals surface area contributed by atoms with Gasteiger partial charge in [0, 0.05) is 6.42 Å². The lowest BCUT2D eigenvalue weighted by molar-refractivity contribution is -0.142. The normalized spacial score (nSPS) is 16.8. The molecule has 1 heterocycles. The van der Waals surface area contributed by atoms with Gasteiger partial charge in [-0.3, -0.25) is 9.59 Å². The first-order chi connectivity index (χ1) is 12.9. The summed E-state index contributed by atoms with van der Waals surface area (Å²) in [6.45, 7) is 4.98. The van der Waals surface area contributed by atoms with E-state index in [4.69, 9.17) is 14.6 Å². The van der Waals surface area contributed by atoms with Crippen molar-refractivity contribution in [1.29, 1.82) is 0 Å². The lowest BCUT2D eigenvalue weighted by Gasteiger charge is -2.26. The van der Waals surface area contributed by atoms with Crippen LogP contribution in [-0.2, 0) is 25.5 Å². The summed E-state index contributed by atoms with van der Waals surface area (Å²) in [6, 6.07) is 3.34. The fourth-order valence-corrected chi connectivity index (χ4v) is 2.50. The summed E-state index contributed by atoms with van der Waals surface area (Å²) >= 11 is 0. The number of ether oxygens (including phenoxy) is 2. The third-order valence-electron chi connectivity index (χ3n) is 3.65. The number of nitrogens with one attached hydrogen (secondary N) is 2. The topological polar surface area (TPSA) is 151 Å². The Bertz CT molecular complexity index is 799. The number of carbonyl (C=O) groups is 4. The van der Waals surface area contributed by atoms with Crippen LogP contribution in [-0.4, -0.2) is 51.9 Å². The molecule has 0 spiro atoms. The molecule has 0 aromatic heterocycles. The van der Waals surface area contributed by atoms with Gasteiger partial charge < -0.3 is 30.3 Å². The molecule has 2 amide bonds. The van der Waals surface area contributed by atoms with Crippen molar-refractivity contribution < 1.29 is 38.9 Å². The Labute approximate surface area is 160 Å². The molecule has 10 heteroatoms. The van der Waals surface area contributed by atoms with Gasteiger partial charge in [-0.05, 0) is 38.5 Å². The largest absolute Gasteiger partial charge is 0.481 e. The Hall–Kier alpha value is -3.30. The number of hydrogen-bond acceptors (Lipinski definition) is 6. The van der Waals surface area contributed by atoms with Crippen LogP contribution >= 0.6 is 0 Å². The van der Waals surface area contributed by atoms with Crippen LogP contribution < -0.4 is 15.4 Å². The highest BCUT2D eigenvalue weighted by atomic mass is 16.6. The van der Waals surface area contributed by atoms with E-state index in [0.717, 1.165) is 0 Å². The van der Waals surface area contributed by atoms with Gasteiger partial charge in [0.1, 0.15) is 17.4 Å². The minimum absolute atomic E-state index is 0.0592. The van der Waals surface area contributed by atoms with Gasteiger partial charge in [-0.15, -0.1) is 0 Å². The highest BCUT2D eigenvalue weighted by Gasteiger charge is 2.30. The predicted molar refractivity (Wildman–Crippen MR) is 96.2 cm³/mol. The maximum atomic E-state index is 11.9. The molecule has 0 radical (unpaired) electrons. The van der Waals surface area contributed by atoms with Crippen LogP contribution in [0.5, 0.6) is 5.75 Å². The number of hydrogen-bond donors (Lipinski definition) is 4. The van der Waals surface area contributed by atoms with Gasteiger partial charge in [-0.2, -0.15) is 0 Å². The molecule has 1 aliphatic rings. The zero-order valence-corrected chi connectivity index (χ0v) is 15.6. The van der Waals surface area contributed by atoms with Crippen molar-refractivity contribution in [3.63, 3.8) is 0 Å². The number of rotatable bonds is 6. The summed E-state index contributed by atoms with van der Waals surface area (Å²) in [6.07, 6.45) is -2.54. The molecule has 10 nitrogen and oxygen atoms in total. The second-order valence-corrected chi connectivity index (χ2v) is 7.27. The molecule has 1 aromatic carbocycles. The number of alkyl carbamates (subject to hydrolysis) is 1. The minimum atomic E-state index is -1.25. The number of carboxylic acids is 2. The van der Waals surface area contributed by atoms with Gasteiger partial charge in [0.05, 0.1) is 12.1 Å². The summed E-state index contributed by atoms with van der Waals surface area (Å²) in [7, 11) is 0. The molecule has 0 aliphatic carbocycles. The highest BCUT2D eigenvalue weighted by molar-refractivity contribution is 5.99. The molecular weight excluding hydrogens is 372 g/mol. The maximum absolute atomic E-state index is 11.9. The minimum Gasteiger partial charge on any atom is -0.481 e. The molecule has 1 aliphatic heterocycles. The Balaban J connectivity index is 2.10. The first kappa shape index (κ1) is 21.0. The standard InChI is InChI=1S/C18H22N2O8/c1-18(2,3)28-17(26)20-11(16(24)25)7-9-4-5-12-10(6-9)19-15(23)13(27-12)8-14(21)22/h4-6,11,13H,7-8H2,1-3H3,(H,19,23)(H,20,26)(H,21,22)(H,24,25)/t11-,13?/m0/s1. The van der Waals surface area contributed by atoms with Crippen LogP contribution in [0, 0.1) is 0 Å². The van der Waals surface area contributed by atoms with E-state index in [1.807, 2.05) is 0 Å². The number of fused-ring (bicyclic) bond motifs is 1. The fourth-order valence-electron chi connectivity index (χ4n) is 2.50. The van der Waals surface area contributed by atoms with Gasteiger partial charge in [-0.25, -0.2) is 9.59 Å². The third-order valence-corrected chi connectivity index (χ3v) is 3.65. The maximum Gasteiger partial charge on any atom is 0.408 e. The fraction of sp³-hybridized carbons (Fsp3) is 0.444. The lowest BCUT2D eigenvalue weighted by Crippen LogP contribution is -2.44. The molecule has 0 saturated carbocycles. The van der Waals surface area contributed by atoms with Crippen LogP contribution in [0.25, 0.3) is 0 Å². The van der Waals surface area contributed by atoms with E-state index in [9.17, 15) is 24.3 Å². The average Bonchev–Trinajstić information content (AvgIpc) is 2.52. The summed E-state index contributed by atoms with van der Waals surface area (Å²) < 4.78 is 10.4. The molecular formula is C18H22N2O8. The Morgan fingerprint density at radius 3 is 2.54 bits per heavy atom. The monoisotopic (exact) mass is 394 g/mol. The van der Waals surface area contributed by atoms with E-state index in [2.05, 4.69) is 10.6 Å². The zero-order chi connectivity index (χ0) is 21.1. The average molecular weight is 394 g/mol. The first-order valence-corrected chi connectivity index (χ1v) is 8.49. The molecule has 152 valence electrons. The van der Waals surface area contributed by atoms with Crippen molar-refractivity contribution in [3.8, 4) is 5.75 Å². The van der Waals surface area contributed by atoms with Crippen molar-refractivity contribution in [2.75, 3.05) is 5.32 Å². The summed E-state index contributed by atoms with van der Waals surface area (Å²) in [4.78, 5) is 46.0. The second kappa shape index (κ2) is 8.15. The van der Waals surface area contributed by atoms with Crippen molar-refractivity contribution in [2.45, 2.75) is 51.4 Å². The lowest BCUT2D eigenvalue weighted by atomic mass is 10.0. The highest BCUT2D eigenvalue weighted by Crippen LogP contribution is 2.31. The van der Waals surface area contributed by atoms with Crippen LogP contribution in [0.15, 0.2) is 18.2 Å². The first-order valence-electron chi connectivity index (χ1n) is 8.49. The van der Waals surface area contributed by atoms with E-state index in [-0.39, 0.29) is 12.2 Å². The van der Waals surface area contributed by atoms with Crippen LogP contribution in [0.4, 0.5) is 10.5 Å². The van der Waals surface area contributed by atoms with Crippen LogP contribution in [0.3, 0.4) is 0 Å². The van der Waals surface area contributed by atoms with Gasteiger partial charge in [-0.1, -0.05) is 6.07 Å². The molecule has 2 atom stereocenters. The second-order valence-electron chi connectivity index (χ2n) is 7.27. The quantitative estimate of drug-likeness (QED) is 0.565. The number of amides is 2. The van der Waals surface area contributed by atoms with E-state index >= 15 is 0 Å². The molecule has 28 heavy (non-hydrogen) atoms. The number of carbonyl (C=O) groups excluding carboxylic acids is 2. The Morgan fingerprint density at radius 2 is 1.96 bits per heavy atom. The van der Waals surface area contributed by atoms with Crippen molar-refractivity contribution in [1.82, 2.24) is 5.32 Å². The van der Waals surface area contributed by atoms with Gasteiger partial charge >= 0.3 is 18.0 Å². The molecule has 0 fully saturated rings. The van der Waals surface area contributed by atoms with E-state index < -0.39 is 48.1 Å². The molecule has 1 unspecified atom stereocenters. The number of carboxylic acid groups (broad SMARTS) is 2. The SMILES string of the molecule is CC(C)(C)OC(=O)N[C@@H](Cc1ccc2c(c1)NC(=O)C(CC(=O)O)O2)C(=O)O. The van der Waals surface area contributed by atoms with Gasteiger partial charge in [0.25, 0.3) is 5.91 Å². The Kier molecular flexibility index (Phi) is 6.12. The molecule has 2 rings (SSSR count).